The Morgan fingerprint density at radius 2 is 1.71 bits per heavy atom. The minimum Gasteiger partial charge on any atom is -0.504 e. The lowest BCUT2D eigenvalue weighted by Gasteiger charge is -2.07. The van der Waals surface area contributed by atoms with E-state index in [1.54, 1.807) is 12.1 Å². The number of rotatable bonds is 2. The van der Waals surface area contributed by atoms with Gasteiger partial charge in [-0.1, -0.05) is 29.8 Å². The summed E-state index contributed by atoms with van der Waals surface area (Å²) in [5.41, 5.74) is 2.91. The van der Waals surface area contributed by atoms with Gasteiger partial charge in [0.2, 0.25) is 0 Å². The second kappa shape index (κ2) is 4.68. The maximum absolute atomic E-state index is 9.72. The number of benzene rings is 2. The fraction of sp³-hybridized carbons (Fsp3) is 0.143. The van der Waals surface area contributed by atoms with Crippen LogP contribution in [0.3, 0.4) is 0 Å². The Morgan fingerprint density at radius 3 is 2.29 bits per heavy atom. The minimum absolute atomic E-state index is 0.127. The zero-order valence-electron chi connectivity index (χ0n) is 9.70. The summed E-state index contributed by atoms with van der Waals surface area (Å²) in [6.07, 6.45) is 0. The van der Waals surface area contributed by atoms with Crippen LogP contribution in [-0.4, -0.2) is 12.2 Å². The molecular formula is C14H13ClO2. The monoisotopic (exact) mass is 248 g/mol. The highest BCUT2D eigenvalue weighted by Gasteiger charge is 2.05. The van der Waals surface area contributed by atoms with Gasteiger partial charge >= 0.3 is 0 Å². The molecule has 0 aromatic heterocycles. The van der Waals surface area contributed by atoms with Crippen molar-refractivity contribution in [1.82, 2.24) is 0 Å². The van der Waals surface area contributed by atoms with Crippen molar-refractivity contribution in [3.8, 4) is 22.6 Å². The maximum Gasteiger partial charge on any atom is 0.160 e. The van der Waals surface area contributed by atoms with E-state index in [-0.39, 0.29) is 5.75 Å². The number of phenols is 1. The summed E-state index contributed by atoms with van der Waals surface area (Å²) in [6, 6.07) is 11.1. The molecule has 0 unspecified atom stereocenters. The lowest BCUT2D eigenvalue weighted by Crippen LogP contribution is -1.85. The van der Waals surface area contributed by atoms with Crippen molar-refractivity contribution in [2.75, 3.05) is 7.11 Å². The molecule has 0 bridgehead atoms. The van der Waals surface area contributed by atoms with E-state index >= 15 is 0 Å². The van der Waals surface area contributed by atoms with Gasteiger partial charge in [-0.15, -0.1) is 0 Å². The van der Waals surface area contributed by atoms with Crippen LogP contribution in [0.2, 0.25) is 5.02 Å². The third kappa shape index (κ3) is 2.37. The number of ether oxygens (including phenoxy) is 1. The molecule has 2 aromatic rings. The molecule has 17 heavy (non-hydrogen) atoms. The Balaban J connectivity index is 2.46. The van der Waals surface area contributed by atoms with Gasteiger partial charge in [-0.05, 0) is 41.8 Å². The van der Waals surface area contributed by atoms with Gasteiger partial charge in [0.1, 0.15) is 0 Å². The fourth-order valence-electron chi connectivity index (χ4n) is 1.64. The Kier molecular flexibility index (Phi) is 3.25. The van der Waals surface area contributed by atoms with Crippen molar-refractivity contribution < 1.29 is 9.84 Å². The normalized spacial score (nSPS) is 10.3. The summed E-state index contributed by atoms with van der Waals surface area (Å²) >= 11 is 6.07. The third-order valence-corrected chi connectivity index (χ3v) is 3.09. The van der Waals surface area contributed by atoms with Gasteiger partial charge in [-0.2, -0.15) is 0 Å². The molecule has 0 aliphatic rings. The Labute approximate surface area is 105 Å². The molecule has 0 amide bonds. The first-order chi connectivity index (χ1) is 8.11. The summed E-state index contributed by atoms with van der Waals surface area (Å²) in [5, 5.41) is 10.4. The van der Waals surface area contributed by atoms with E-state index in [1.807, 2.05) is 31.2 Å². The summed E-state index contributed by atoms with van der Waals surface area (Å²) < 4.78 is 5.00. The smallest absolute Gasteiger partial charge is 0.160 e. The van der Waals surface area contributed by atoms with Crippen LogP contribution >= 0.6 is 11.6 Å². The van der Waals surface area contributed by atoms with Crippen molar-refractivity contribution in [2.45, 2.75) is 6.92 Å². The van der Waals surface area contributed by atoms with Gasteiger partial charge in [-0.3, -0.25) is 0 Å². The van der Waals surface area contributed by atoms with Crippen molar-refractivity contribution in [3.05, 3.63) is 47.0 Å². The van der Waals surface area contributed by atoms with Crippen LogP contribution in [0.1, 0.15) is 5.56 Å². The molecule has 0 aliphatic heterocycles. The molecule has 88 valence electrons. The quantitative estimate of drug-likeness (QED) is 0.870. The molecule has 0 saturated heterocycles. The van der Waals surface area contributed by atoms with Crippen LogP contribution in [0.5, 0.6) is 11.5 Å². The van der Waals surface area contributed by atoms with Gasteiger partial charge in [0.15, 0.2) is 11.5 Å². The van der Waals surface area contributed by atoms with E-state index < -0.39 is 0 Å². The van der Waals surface area contributed by atoms with Crippen molar-refractivity contribution in [1.29, 1.82) is 0 Å². The zero-order valence-corrected chi connectivity index (χ0v) is 10.5. The van der Waals surface area contributed by atoms with Gasteiger partial charge in [0, 0.05) is 5.02 Å². The molecule has 0 aliphatic carbocycles. The second-order valence-corrected chi connectivity index (χ2v) is 4.26. The highest BCUT2D eigenvalue weighted by molar-refractivity contribution is 6.31. The van der Waals surface area contributed by atoms with Crippen LogP contribution in [0.4, 0.5) is 0 Å². The summed E-state index contributed by atoms with van der Waals surface area (Å²) in [6.45, 7) is 1.96. The molecular weight excluding hydrogens is 236 g/mol. The first kappa shape index (κ1) is 11.8. The minimum atomic E-state index is 0.127. The molecule has 0 atom stereocenters. The highest BCUT2D eigenvalue weighted by atomic mass is 35.5. The van der Waals surface area contributed by atoms with Crippen molar-refractivity contribution in [3.63, 3.8) is 0 Å². The molecule has 2 nitrogen and oxygen atoms in total. The molecule has 2 rings (SSSR count). The lowest BCUT2D eigenvalue weighted by atomic mass is 10.0. The standard InChI is InChI=1S/C14H13ClO2/c1-9-3-4-10(7-12(9)15)11-5-6-14(17-2)13(16)8-11/h3-8,16H,1-2H3. The molecule has 1 N–H and O–H groups in total. The lowest BCUT2D eigenvalue weighted by molar-refractivity contribution is 0.373. The zero-order chi connectivity index (χ0) is 12.4. The number of hydrogen-bond acceptors (Lipinski definition) is 2. The molecule has 0 heterocycles. The van der Waals surface area contributed by atoms with E-state index in [1.165, 1.54) is 7.11 Å². The predicted octanol–water partition coefficient (Wildman–Crippen LogP) is 4.03. The first-order valence-corrected chi connectivity index (χ1v) is 5.63. The summed E-state index contributed by atoms with van der Waals surface area (Å²) in [5.74, 6) is 0.591. The highest BCUT2D eigenvalue weighted by Crippen LogP contribution is 2.32. The molecule has 3 heteroatoms. The second-order valence-electron chi connectivity index (χ2n) is 3.85. The van der Waals surface area contributed by atoms with Gasteiger partial charge < -0.3 is 9.84 Å². The van der Waals surface area contributed by atoms with Crippen LogP contribution < -0.4 is 4.74 Å². The molecule has 0 fully saturated rings. The van der Waals surface area contributed by atoms with E-state index in [9.17, 15) is 5.11 Å². The van der Waals surface area contributed by atoms with Crippen molar-refractivity contribution in [2.24, 2.45) is 0 Å². The van der Waals surface area contributed by atoms with E-state index in [0.29, 0.717) is 5.75 Å². The maximum atomic E-state index is 9.72. The van der Waals surface area contributed by atoms with Crippen LogP contribution in [0.25, 0.3) is 11.1 Å². The topological polar surface area (TPSA) is 29.5 Å². The van der Waals surface area contributed by atoms with Crippen LogP contribution in [0, 0.1) is 6.92 Å². The molecule has 0 spiro atoms. The SMILES string of the molecule is COc1ccc(-c2ccc(C)c(Cl)c2)cc1O. The average Bonchev–Trinajstić information content (AvgIpc) is 2.32. The van der Waals surface area contributed by atoms with Crippen LogP contribution in [-0.2, 0) is 0 Å². The van der Waals surface area contributed by atoms with E-state index in [4.69, 9.17) is 16.3 Å². The number of hydrogen-bond donors (Lipinski definition) is 1. The number of methoxy groups -OCH3 is 1. The Morgan fingerprint density at radius 1 is 1.06 bits per heavy atom. The third-order valence-electron chi connectivity index (χ3n) is 2.68. The van der Waals surface area contributed by atoms with Gasteiger partial charge in [-0.25, -0.2) is 0 Å². The Bertz CT molecular complexity index is 550. The number of phenolic OH excluding ortho intramolecular Hbond substituents is 1. The van der Waals surface area contributed by atoms with Gasteiger partial charge in [0.25, 0.3) is 0 Å². The number of halogens is 1. The molecule has 0 saturated carbocycles. The first-order valence-electron chi connectivity index (χ1n) is 5.25. The van der Waals surface area contributed by atoms with Gasteiger partial charge in [0.05, 0.1) is 7.11 Å². The summed E-state index contributed by atoms with van der Waals surface area (Å²) in [4.78, 5) is 0. The van der Waals surface area contributed by atoms with E-state index in [2.05, 4.69) is 0 Å². The molecule has 0 radical (unpaired) electrons. The van der Waals surface area contributed by atoms with Crippen molar-refractivity contribution >= 4 is 11.6 Å². The van der Waals surface area contributed by atoms with E-state index in [0.717, 1.165) is 21.7 Å². The number of aromatic hydroxyl groups is 1. The largest absolute Gasteiger partial charge is 0.504 e. The number of aryl methyl sites for hydroxylation is 1. The predicted molar refractivity (Wildman–Crippen MR) is 69.8 cm³/mol. The average molecular weight is 249 g/mol. The molecule has 2 aromatic carbocycles. The fourth-order valence-corrected chi connectivity index (χ4v) is 1.82. The Hall–Kier alpha value is -1.67. The van der Waals surface area contributed by atoms with Crippen LogP contribution in [0.15, 0.2) is 36.4 Å². The summed E-state index contributed by atoms with van der Waals surface area (Å²) in [7, 11) is 1.53.